The normalized spacial score (nSPS) is 14.7. The average molecular weight is 1490 g/mol. The molecule has 572 valence electrons. The lowest BCUT2D eigenvalue weighted by Gasteiger charge is -2.34. The highest BCUT2D eigenvalue weighted by atomic mass is 16.7. The van der Waals surface area contributed by atoms with Gasteiger partial charge in [-0.1, -0.05) is 59.7 Å². The van der Waals surface area contributed by atoms with Crippen LogP contribution in [-0.4, -0.2) is 106 Å². The third kappa shape index (κ3) is 27.4. The Labute approximate surface area is 625 Å². The zero-order chi connectivity index (χ0) is 79.2. The summed E-state index contributed by atoms with van der Waals surface area (Å²) in [6, 6.07) is 46.2. The van der Waals surface area contributed by atoms with Crippen LogP contribution >= 0.6 is 0 Å². The molecule has 4 N–H and O–H groups in total. The molecule has 108 heavy (non-hydrogen) atoms. The maximum absolute atomic E-state index is 13.0. The third-order valence-electron chi connectivity index (χ3n) is 17.5. The van der Waals surface area contributed by atoms with Crippen molar-refractivity contribution in [1.82, 2.24) is 0 Å². The number of carbonyl (C=O) groups is 6. The molecule has 30 heteroatoms. The van der Waals surface area contributed by atoms with Crippen molar-refractivity contribution in [2.75, 3.05) is 38.5 Å². The molecule has 6 atom stereocenters. The van der Waals surface area contributed by atoms with Crippen LogP contribution in [-0.2, 0) is 47.8 Å². The quantitative estimate of drug-likeness (QED) is 0.00414. The number of azo groups is 4. The maximum atomic E-state index is 13.0. The van der Waals surface area contributed by atoms with Crippen molar-refractivity contribution < 1.29 is 82.5 Å². The Balaban J connectivity index is 0.000000254. The summed E-state index contributed by atoms with van der Waals surface area (Å²) in [6.45, 7) is 18.7. The summed E-state index contributed by atoms with van der Waals surface area (Å²) < 4.78 is 26.4. The second kappa shape index (κ2) is 40.8. The first kappa shape index (κ1) is 85.3. The smallest absolute Gasteiger partial charge is 0.337 e. The lowest BCUT2D eigenvalue weighted by Crippen LogP contribution is -2.39. The number of aliphatic hydroxyl groups excluding tert-OH is 3. The topological polar surface area (TPSA) is 419 Å². The van der Waals surface area contributed by atoms with Gasteiger partial charge in [-0.15, -0.1) is 0 Å². The summed E-state index contributed by atoms with van der Waals surface area (Å²) in [5, 5.41) is 83.1. The van der Waals surface area contributed by atoms with Crippen LogP contribution < -0.4 is 15.0 Å². The molecular formula is C78H91N11O19. The van der Waals surface area contributed by atoms with Crippen LogP contribution in [0.25, 0.3) is 0 Å². The molecule has 1 aliphatic rings. The summed E-state index contributed by atoms with van der Waals surface area (Å²) in [5.74, 6) is -2.74. The Hall–Kier alpha value is -11.6. The molecule has 0 aliphatic carbocycles. The predicted octanol–water partition coefficient (Wildman–Crippen LogP) is 17.6. The number of rotatable bonds is 36. The fraction of sp³-hybridized carbons (Fsp3) is 0.385. The summed E-state index contributed by atoms with van der Waals surface area (Å²) in [7, 11) is 0. The molecule has 7 aromatic rings. The number of anilines is 1. The molecule has 0 bridgehead atoms. The molecule has 0 radical (unpaired) electrons. The number of hydrogen-bond donors (Lipinski definition) is 4. The van der Waals surface area contributed by atoms with Gasteiger partial charge >= 0.3 is 23.9 Å². The van der Waals surface area contributed by atoms with Crippen LogP contribution in [0.15, 0.2) is 211 Å². The molecule has 0 saturated carbocycles. The van der Waals surface area contributed by atoms with E-state index in [0.717, 1.165) is 11.3 Å². The van der Waals surface area contributed by atoms with Gasteiger partial charge in [-0.3, -0.25) is 44.2 Å². The fourth-order valence-electron chi connectivity index (χ4n) is 10.5. The summed E-state index contributed by atoms with van der Waals surface area (Å²) in [6.07, 6.45) is 0.895. The molecule has 1 heterocycles. The average Bonchev–Trinajstić information content (AvgIpc) is 1.16. The van der Waals surface area contributed by atoms with Gasteiger partial charge in [-0.25, -0.2) is 10.3 Å². The van der Waals surface area contributed by atoms with Crippen LogP contribution in [0.2, 0.25) is 0 Å². The second-order valence-corrected chi connectivity index (χ2v) is 27.2. The number of esters is 3. The van der Waals surface area contributed by atoms with Crippen LogP contribution in [0.1, 0.15) is 113 Å². The number of aryl methyl sites for hydroxylation is 1. The van der Waals surface area contributed by atoms with Crippen molar-refractivity contribution in [2.24, 2.45) is 74.4 Å². The largest absolute Gasteiger partial charge is 0.463 e. The number of non-ortho nitro benzene ring substituents is 2. The number of carbonyl (C=O) groups excluding carboxylic acids is 6. The number of nitrogens with one attached hydrogen (secondary N) is 1. The number of ketones is 2. The van der Waals surface area contributed by atoms with Gasteiger partial charge in [0.2, 0.25) is 6.29 Å². The Bertz CT molecular complexity index is 4290. The Morgan fingerprint density at radius 2 is 0.954 bits per heavy atom. The van der Waals surface area contributed by atoms with E-state index in [2.05, 4.69) is 46.4 Å². The van der Waals surface area contributed by atoms with E-state index < -0.39 is 80.8 Å². The van der Waals surface area contributed by atoms with Gasteiger partial charge in [-0.05, 0) is 206 Å². The first-order chi connectivity index (χ1) is 51.3. The monoisotopic (exact) mass is 1490 g/mol. The fourth-order valence-corrected chi connectivity index (χ4v) is 10.5. The molecule has 1 saturated heterocycles. The van der Waals surface area contributed by atoms with Crippen molar-refractivity contribution in [1.29, 1.82) is 0 Å². The summed E-state index contributed by atoms with van der Waals surface area (Å²) >= 11 is 0. The van der Waals surface area contributed by atoms with Crippen LogP contribution in [0.4, 0.5) is 62.6 Å². The number of nitrogens with zero attached hydrogens (tertiary/aromatic N) is 10. The first-order valence-corrected chi connectivity index (χ1v) is 34.7. The van der Waals surface area contributed by atoms with Gasteiger partial charge < -0.3 is 43.8 Å². The number of aliphatic hydroxyl groups is 3. The molecule has 0 spiro atoms. The summed E-state index contributed by atoms with van der Waals surface area (Å²) in [5.41, 5.74) is 4.97. The van der Waals surface area contributed by atoms with Gasteiger partial charge in [-0.2, -0.15) is 40.9 Å². The zero-order valence-corrected chi connectivity index (χ0v) is 62.1. The maximum Gasteiger partial charge on any atom is 0.337 e. The van der Waals surface area contributed by atoms with Gasteiger partial charge in [0.15, 0.2) is 18.2 Å². The molecule has 7 aromatic carbocycles. The molecule has 8 rings (SSSR count). The number of hydrogen-bond acceptors (Lipinski definition) is 28. The minimum Gasteiger partial charge on any atom is -0.463 e. The van der Waals surface area contributed by atoms with Crippen molar-refractivity contribution >= 4 is 98.0 Å². The molecular weight excluding hydrogens is 1390 g/mol. The van der Waals surface area contributed by atoms with Crippen molar-refractivity contribution in [3.05, 3.63) is 196 Å². The standard InChI is InChI=1S/C30H34N4O4.C25H29N3O9.C23H28N4O6/c1-6-30(5,27(36)19-35)20-29(3,4)28(37)38-26-17-16-25(18-21(26)2)34-33-24-14-12-23(13-15-24)32-31-22-10-8-7-9-11-22;1-3-17(25(31)35-14-22-13-34-22)12-16(2)24(30)36-15-23(29)37-21-10-6-19(7-11-21)27-26-18-4-8-20(9-5-18)28(32)33;1-5-23(4,20(29)14-28)15-22(2,3)21(30)33-26-18-8-6-16(7-9-18)24-25-17-10-12-19(13-11-17)27(31)32/h7-18,35H,6,19-20H2,1-5H3;4-11,16-17,22-23,29H,3,12-15H2,1-2H3;6-13,26,28H,5,14-15H2,1-4H3. The third-order valence-corrected chi connectivity index (χ3v) is 17.5. The molecule has 6 unspecified atom stereocenters. The number of ether oxygens (including phenoxy) is 5. The summed E-state index contributed by atoms with van der Waals surface area (Å²) in [4.78, 5) is 100. The molecule has 1 fully saturated rings. The Morgan fingerprint density at radius 1 is 0.556 bits per heavy atom. The van der Waals surface area contributed by atoms with Gasteiger partial charge in [0, 0.05) is 35.1 Å². The molecule has 30 nitrogen and oxygen atoms in total. The highest BCUT2D eigenvalue weighted by molar-refractivity contribution is 5.88. The van der Waals surface area contributed by atoms with Crippen LogP contribution in [0.3, 0.4) is 0 Å². The Kier molecular flexibility index (Phi) is 32.2. The van der Waals surface area contributed by atoms with E-state index >= 15 is 0 Å². The van der Waals surface area contributed by atoms with Crippen molar-refractivity contribution in [2.45, 2.75) is 127 Å². The van der Waals surface area contributed by atoms with E-state index in [0.29, 0.717) is 82.9 Å². The van der Waals surface area contributed by atoms with E-state index in [1.807, 2.05) is 70.2 Å². The highest BCUT2D eigenvalue weighted by Gasteiger charge is 2.43. The number of benzene rings is 7. The predicted molar refractivity (Wildman–Crippen MR) is 399 cm³/mol. The van der Waals surface area contributed by atoms with E-state index in [4.69, 9.17) is 28.5 Å². The minimum absolute atomic E-state index is 0.0200. The number of Topliss-reactive ketones (excluding diaryl/α,β-unsaturated/α-hetero) is 2. The first-order valence-electron chi connectivity index (χ1n) is 34.7. The zero-order valence-electron chi connectivity index (χ0n) is 62.1. The van der Waals surface area contributed by atoms with E-state index in [1.54, 1.807) is 127 Å². The minimum atomic E-state index is -1.39. The second-order valence-electron chi connectivity index (χ2n) is 27.2. The highest BCUT2D eigenvalue weighted by Crippen LogP contribution is 2.41. The number of nitro benzene ring substituents is 2. The van der Waals surface area contributed by atoms with Gasteiger partial charge in [0.25, 0.3) is 11.4 Å². The van der Waals surface area contributed by atoms with Crippen molar-refractivity contribution in [3.8, 4) is 11.5 Å². The lowest BCUT2D eigenvalue weighted by atomic mass is 9.70. The van der Waals surface area contributed by atoms with E-state index in [-0.39, 0.29) is 67.5 Å². The van der Waals surface area contributed by atoms with E-state index in [9.17, 15) is 64.3 Å². The van der Waals surface area contributed by atoms with Crippen molar-refractivity contribution in [3.63, 3.8) is 0 Å². The number of epoxide rings is 1. The van der Waals surface area contributed by atoms with E-state index in [1.165, 1.54) is 48.5 Å². The van der Waals surface area contributed by atoms with Gasteiger partial charge in [0.1, 0.15) is 37.4 Å². The lowest BCUT2D eigenvalue weighted by molar-refractivity contribution is -0.385. The number of nitro groups is 2. The van der Waals surface area contributed by atoms with Crippen LogP contribution in [0, 0.1) is 60.6 Å². The molecule has 1 aliphatic heterocycles. The molecule has 0 aromatic heterocycles. The SMILES string of the molecule is CCC(C)(CC(C)(C)C(=O)ONc1ccc(N=Nc2ccc([N+](=O)[O-])cc2)cc1)C(=O)CO.CCC(C)(CC(C)(C)C(=O)Oc1ccc(N=Nc2ccc(N=Nc3ccccc3)cc2)cc1C)C(=O)CO.CCC(CC(C)C(=O)OCC(O)Oc1ccc(N=Nc2ccc([N+](=O)[O-])cc2)cc1)C(=O)OCC1CO1. The Morgan fingerprint density at radius 3 is 1.36 bits per heavy atom. The van der Waals surface area contributed by atoms with Gasteiger partial charge in [0.05, 0.1) is 90.3 Å². The van der Waals surface area contributed by atoms with Crippen LogP contribution in [0.5, 0.6) is 11.5 Å². The molecule has 0 amide bonds.